The van der Waals surface area contributed by atoms with E-state index in [1.165, 1.54) is 23.8 Å². The normalized spacial score (nSPS) is 10.1. The van der Waals surface area contributed by atoms with Crippen LogP contribution in [0.25, 0.3) is 0 Å². The van der Waals surface area contributed by atoms with Crippen LogP contribution in [0.2, 0.25) is 5.02 Å². The van der Waals surface area contributed by atoms with Crippen LogP contribution in [0.4, 0.5) is 5.69 Å². The van der Waals surface area contributed by atoms with Crippen LogP contribution in [0.15, 0.2) is 42.5 Å². The summed E-state index contributed by atoms with van der Waals surface area (Å²) in [7, 11) is 0. The Morgan fingerprint density at radius 2 is 1.88 bits per heavy atom. The van der Waals surface area contributed by atoms with Gasteiger partial charge in [-0.1, -0.05) is 30.7 Å². The van der Waals surface area contributed by atoms with Gasteiger partial charge in [-0.15, -0.1) is 0 Å². The van der Waals surface area contributed by atoms with E-state index in [2.05, 4.69) is 10.6 Å². The number of benzene rings is 2. The van der Waals surface area contributed by atoms with Gasteiger partial charge in [0.05, 0.1) is 11.3 Å². The number of rotatable bonds is 6. The molecule has 0 fully saturated rings. The highest BCUT2D eigenvalue weighted by molar-refractivity contribution is 7.80. The van der Waals surface area contributed by atoms with Gasteiger partial charge in [-0.3, -0.25) is 10.1 Å². The molecule has 3 N–H and O–H groups in total. The molecule has 0 bridgehead atoms. The minimum absolute atomic E-state index is 0.0373. The fraction of sp³-hybridized carbons (Fsp3) is 0.167. The topological polar surface area (TPSA) is 87.7 Å². The average Bonchev–Trinajstić information content (AvgIpc) is 2.61. The van der Waals surface area contributed by atoms with Crippen molar-refractivity contribution in [1.29, 1.82) is 0 Å². The molecular formula is C18H17ClN2O4S. The number of halogens is 1. The quantitative estimate of drug-likeness (QED) is 0.652. The van der Waals surface area contributed by atoms with Crippen LogP contribution >= 0.6 is 23.8 Å². The number of carboxylic acids is 1. The first-order chi connectivity index (χ1) is 12.4. The monoisotopic (exact) mass is 392 g/mol. The SMILES string of the molecule is CCc1ccc(OCC(=O)NC(=S)Nc2ccc(Cl)cc2C(=O)O)cc1. The van der Waals surface area contributed by atoms with E-state index in [1.54, 1.807) is 12.1 Å². The molecule has 0 heterocycles. The molecule has 0 aliphatic rings. The lowest BCUT2D eigenvalue weighted by Crippen LogP contribution is -2.37. The Morgan fingerprint density at radius 3 is 2.50 bits per heavy atom. The van der Waals surface area contributed by atoms with Crippen molar-refractivity contribution in [1.82, 2.24) is 5.32 Å². The third-order valence-electron chi connectivity index (χ3n) is 3.41. The minimum Gasteiger partial charge on any atom is -0.484 e. The van der Waals surface area contributed by atoms with Gasteiger partial charge in [0.1, 0.15) is 5.75 Å². The van der Waals surface area contributed by atoms with Crippen molar-refractivity contribution in [2.24, 2.45) is 0 Å². The Kier molecular flexibility index (Phi) is 6.94. The van der Waals surface area contributed by atoms with Crippen molar-refractivity contribution < 1.29 is 19.4 Å². The summed E-state index contributed by atoms with van der Waals surface area (Å²) in [5.41, 5.74) is 1.34. The third-order valence-corrected chi connectivity index (χ3v) is 3.85. The van der Waals surface area contributed by atoms with E-state index >= 15 is 0 Å². The summed E-state index contributed by atoms with van der Waals surface area (Å²) in [4.78, 5) is 23.1. The van der Waals surface area contributed by atoms with Crippen LogP contribution in [0.3, 0.4) is 0 Å². The van der Waals surface area contributed by atoms with Gasteiger partial charge >= 0.3 is 5.97 Å². The van der Waals surface area contributed by atoms with Crippen molar-refractivity contribution in [3.63, 3.8) is 0 Å². The van der Waals surface area contributed by atoms with Gasteiger partial charge in [-0.2, -0.15) is 0 Å². The van der Waals surface area contributed by atoms with Crippen molar-refractivity contribution in [3.05, 3.63) is 58.6 Å². The van der Waals surface area contributed by atoms with E-state index in [4.69, 9.17) is 28.6 Å². The molecule has 0 unspecified atom stereocenters. The molecule has 0 saturated carbocycles. The second-order valence-electron chi connectivity index (χ2n) is 5.28. The third kappa shape index (κ3) is 5.72. The van der Waals surface area contributed by atoms with Crippen LogP contribution in [-0.2, 0) is 11.2 Å². The van der Waals surface area contributed by atoms with Crippen LogP contribution in [0.5, 0.6) is 5.75 Å². The Morgan fingerprint density at radius 1 is 1.19 bits per heavy atom. The summed E-state index contributed by atoms with van der Waals surface area (Å²) >= 11 is 10.8. The molecular weight excluding hydrogens is 376 g/mol. The smallest absolute Gasteiger partial charge is 0.337 e. The molecule has 0 aliphatic carbocycles. The number of ether oxygens (including phenoxy) is 1. The zero-order valence-electron chi connectivity index (χ0n) is 13.9. The predicted octanol–water partition coefficient (Wildman–Crippen LogP) is 3.49. The zero-order chi connectivity index (χ0) is 19.1. The van der Waals surface area contributed by atoms with E-state index in [1.807, 2.05) is 19.1 Å². The molecule has 2 aromatic carbocycles. The molecule has 0 atom stereocenters. The summed E-state index contributed by atoms with van der Waals surface area (Å²) in [5, 5.41) is 14.5. The van der Waals surface area contributed by atoms with Gasteiger partial charge in [0.25, 0.3) is 5.91 Å². The Balaban J connectivity index is 1.89. The summed E-state index contributed by atoms with van der Waals surface area (Å²) in [6, 6.07) is 11.7. The van der Waals surface area contributed by atoms with Gasteiger partial charge in [0, 0.05) is 5.02 Å². The number of amides is 1. The van der Waals surface area contributed by atoms with Crippen LogP contribution in [0.1, 0.15) is 22.8 Å². The molecule has 0 aliphatic heterocycles. The number of anilines is 1. The molecule has 0 aromatic heterocycles. The number of nitrogens with one attached hydrogen (secondary N) is 2. The standard InChI is InChI=1S/C18H17ClN2O4S/c1-2-11-3-6-13(7-4-11)25-10-16(22)21-18(26)20-15-8-5-12(19)9-14(15)17(23)24/h3-9H,2,10H2,1H3,(H,23,24)(H2,20,21,22,26). The number of aryl methyl sites for hydroxylation is 1. The summed E-state index contributed by atoms with van der Waals surface area (Å²) in [6.45, 7) is 1.83. The van der Waals surface area contributed by atoms with Crippen molar-refractivity contribution in [2.75, 3.05) is 11.9 Å². The van der Waals surface area contributed by atoms with Gasteiger partial charge in [-0.25, -0.2) is 4.79 Å². The Bertz CT molecular complexity index is 824. The van der Waals surface area contributed by atoms with Gasteiger partial charge in [0.15, 0.2) is 11.7 Å². The maximum Gasteiger partial charge on any atom is 0.337 e. The fourth-order valence-electron chi connectivity index (χ4n) is 2.09. The molecule has 6 nitrogen and oxygen atoms in total. The van der Waals surface area contributed by atoms with Crippen molar-refractivity contribution >= 4 is 46.5 Å². The number of thiocarbonyl (C=S) groups is 1. The molecule has 2 rings (SSSR count). The number of carbonyl (C=O) groups is 2. The number of hydrogen-bond acceptors (Lipinski definition) is 4. The largest absolute Gasteiger partial charge is 0.484 e. The lowest BCUT2D eigenvalue weighted by molar-refractivity contribution is -0.121. The molecule has 0 spiro atoms. The maximum absolute atomic E-state index is 11.9. The number of hydrogen-bond donors (Lipinski definition) is 3. The van der Waals surface area contributed by atoms with E-state index in [9.17, 15) is 14.7 Å². The highest BCUT2D eigenvalue weighted by Crippen LogP contribution is 2.20. The van der Waals surface area contributed by atoms with Gasteiger partial charge < -0.3 is 15.2 Å². The molecule has 136 valence electrons. The summed E-state index contributed by atoms with van der Waals surface area (Å²) in [5.74, 6) is -1.06. The highest BCUT2D eigenvalue weighted by Gasteiger charge is 2.13. The first-order valence-electron chi connectivity index (χ1n) is 7.74. The van der Waals surface area contributed by atoms with E-state index in [0.717, 1.165) is 6.42 Å². The average molecular weight is 393 g/mol. The zero-order valence-corrected chi connectivity index (χ0v) is 15.5. The Labute approximate surface area is 161 Å². The molecule has 2 aromatic rings. The second kappa shape index (κ2) is 9.17. The molecule has 1 amide bonds. The van der Waals surface area contributed by atoms with E-state index in [0.29, 0.717) is 5.75 Å². The minimum atomic E-state index is -1.16. The molecule has 0 radical (unpaired) electrons. The summed E-state index contributed by atoms with van der Waals surface area (Å²) in [6.07, 6.45) is 0.920. The number of carbonyl (C=O) groups excluding carboxylic acids is 1. The van der Waals surface area contributed by atoms with Gasteiger partial charge in [0.2, 0.25) is 0 Å². The lowest BCUT2D eigenvalue weighted by Gasteiger charge is -2.12. The second-order valence-corrected chi connectivity index (χ2v) is 6.13. The van der Waals surface area contributed by atoms with Crippen LogP contribution < -0.4 is 15.4 Å². The molecule has 8 heteroatoms. The number of carboxylic acid groups (broad SMARTS) is 1. The maximum atomic E-state index is 11.9. The van der Waals surface area contributed by atoms with Crippen LogP contribution in [0, 0.1) is 0 Å². The first-order valence-corrected chi connectivity index (χ1v) is 8.53. The van der Waals surface area contributed by atoms with E-state index in [-0.39, 0.29) is 28.0 Å². The van der Waals surface area contributed by atoms with Crippen LogP contribution in [-0.4, -0.2) is 28.7 Å². The van der Waals surface area contributed by atoms with E-state index < -0.39 is 11.9 Å². The van der Waals surface area contributed by atoms with Crippen molar-refractivity contribution in [3.8, 4) is 5.75 Å². The Hall–Kier alpha value is -2.64. The molecule has 0 saturated heterocycles. The fourth-order valence-corrected chi connectivity index (χ4v) is 2.48. The summed E-state index contributed by atoms with van der Waals surface area (Å²) < 4.78 is 5.39. The van der Waals surface area contributed by atoms with Crippen molar-refractivity contribution in [2.45, 2.75) is 13.3 Å². The highest BCUT2D eigenvalue weighted by atomic mass is 35.5. The molecule has 26 heavy (non-hydrogen) atoms. The van der Waals surface area contributed by atoms with Gasteiger partial charge in [-0.05, 0) is 54.5 Å². The number of aromatic carboxylic acids is 1. The first kappa shape index (κ1) is 19.7. The predicted molar refractivity (Wildman–Crippen MR) is 104 cm³/mol. The lowest BCUT2D eigenvalue weighted by atomic mass is 10.2.